The number of amides is 1. The van der Waals surface area contributed by atoms with Crippen LogP contribution in [0.15, 0.2) is 6.07 Å². The van der Waals surface area contributed by atoms with Crippen LogP contribution in [0.3, 0.4) is 0 Å². The highest BCUT2D eigenvalue weighted by atomic mass is 35.5. The molecule has 0 aliphatic carbocycles. The Hall–Kier alpha value is -1.07. The summed E-state index contributed by atoms with van der Waals surface area (Å²) in [6.45, 7) is 7.81. The number of carbonyl (C=O) groups is 1. The number of aromatic amines is 1. The van der Waals surface area contributed by atoms with Gasteiger partial charge in [0.15, 0.2) is 0 Å². The minimum atomic E-state index is 0. The third-order valence-corrected chi connectivity index (χ3v) is 3.53. The van der Waals surface area contributed by atoms with Crippen molar-refractivity contribution in [2.24, 2.45) is 0 Å². The Balaban J connectivity index is 0.00000162. The van der Waals surface area contributed by atoms with Gasteiger partial charge in [0.05, 0.1) is 0 Å². The highest BCUT2D eigenvalue weighted by Gasteiger charge is 2.29. The molecule has 1 amide bonds. The number of aryl methyl sites for hydroxylation is 1. The molecule has 5 nitrogen and oxygen atoms in total. The van der Waals surface area contributed by atoms with Crippen LogP contribution in [0.1, 0.15) is 37.0 Å². The first-order valence-corrected chi connectivity index (χ1v) is 6.22. The average molecular weight is 273 g/mol. The Morgan fingerprint density at radius 1 is 1.56 bits per heavy atom. The summed E-state index contributed by atoms with van der Waals surface area (Å²) in [4.78, 5) is 14.2. The molecule has 0 saturated carbocycles. The Labute approximate surface area is 114 Å². The molecule has 1 aromatic heterocycles. The second-order valence-electron chi connectivity index (χ2n) is 4.61. The number of nitrogens with one attached hydrogen (secondary N) is 2. The number of H-pyrrole nitrogens is 1. The van der Waals surface area contributed by atoms with E-state index >= 15 is 0 Å². The first-order chi connectivity index (χ1) is 8.13. The van der Waals surface area contributed by atoms with Crippen molar-refractivity contribution in [3.8, 4) is 0 Å². The van der Waals surface area contributed by atoms with Crippen LogP contribution >= 0.6 is 12.4 Å². The maximum atomic E-state index is 12.3. The number of piperazine rings is 1. The topological polar surface area (TPSA) is 61.0 Å². The van der Waals surface area contributed by atoms with Gasteiger partial charge in [0.25, 0.3) is 5.91 Å². The molecule has 102 valence electrons. The van der Waals surface area contributed by atoms with E-state index in [0.717, 1.165) is 25.2 Å². The van der Waals surface area contributed by atoms with Gasteiger partial charge in [0.1, 0.15) is 5.69 Å². The van der Waals surface area contributed by atoms with Crippen molar-refractivity contribution in [2.75, 3.05) is 13.1 Å². The summed E-state index contributed by atoms with van der Waals surface area (Å²) in [5, 5.41) is 10.3. The lowest BCUT2D eigenvalue weighted by Crippen LogP contribution is -2.57. The van der Waals surface area contributed by atoms with Gasteiger partial charge in [-0.05, 0) is 26.3 Å². The van der Waals surface area contributed by atoms with Gasteiger partial charge in [0, 0.05) is 30.9 Å². The molecule has 2 N–H and O–H groups in total. The van der Waals surface area contributed by atoms with Crippen molar-refractivity contribution in [1.82, 2.24) is 20.4 Å². The molecule has 1 aliphatic rings. The van der Waals surface area contributed by atoms with Crippen molar-refractivity contribution in [1.29, 1.82) is 0 Å². The van der Waals surface area contributed by atoms with Gasteiger partial charge in [-0.2, -0.15) is 5.10 Å². The number of carbonyl (C=O) groups excluding carboxylic acids is 1. The number of hydrogen-bond acceptors (Lipinski definition) is 3. The zero-order chi connectivity index (χ0) is 12.4. The minimum absolute atomic E-state index is 0. The van der Waals surface area contributed by atoms with E-state index in [-0.39, 0.29) is 24.4 Å². The van der Waals surface area contributed by atoms with E-state index in [2.05, 4.69) is 29.4 Å². The second kappa shape index (κ2) is 6.20. The average Bonchev–Trinajstić information content (AvgIpc) is 2.80. The molecule has 18 heavy (non-hydrogen) atoms. The van der Waals surface area contributed by atoms with E-state index < -0.39 is 0 Å². The number of aromatic nitrogens is 2. The van der Waals surface area contributed by atoms with Crippen molar-refractivity contribution in [3.05, 3.63) is 17.5 Å². The maximum Gasteiger partial charge on any atom is 0.274 e. The summed E-state index contributed by atoms with van der Waals surface area (Å²) in [6, 6.07) is 2.39. The van der Waals surface area contributed by atoms with Crippen LogP contribution < -0.4 is 5.32 Å². The largest absolute Gasteiger partial charge is 0.332 e. The van der Waals surface area contributed by atoms with E-state index in [1.54, 1.807) is 0 Å². The van der Waals surface area contributed by atoms with Crippen LogP contribution in [0.4, 0.5) is 0 Å². The Morgan fingerprint density at radius 2 is 2.28 bits per heavy atom. The van der Waals surface area contributed by atoms with E-state index in [4.69, 9.17) is 0 Å². The zero-order valence-corrected chi connectivity index (χ0v) is 11.9. The van der Waals surface area contributed by atoms with E-state index in [9.17, 15) is 4.79 Å². The second-order valence-corrected chi connectivity index (χ2v) is 4.61. The fraction of sp³-hybridized carbons (Fsp3) is 0.667. The third-order valence-electron chi connectivity index (χ3n) is 3.53. The van der Waals surface area contributed by atoms with Gasteiger partial charge in [0.2, 0.25) is 0 Å². The highest BCUT2D eigenvalue weighted by molar-refractivity contribution is 5.92. The van der Waals surface area contributed by atoms with Gasteiger partial charge < -0.3 is 10.2 Å². The Kier molecular flexibility index (Phi) is 5.16. The standard InChI is InChI=1S/C12H20N4O.ClH/c1-4-10-7-11(15-14-10)12(17)16-6-5-13-8(2)9(16)3;/h7-9,13H,4-6H2,1-3H3,(H,14,15);1H. The molecule has 1 aliphatic heterocycles. The first kappa shape index (κ1) is 15.0. The van der Waals surface area contributed by atoms with Crippen molar-refractivity contribution < 1.29 is 4.79 Å². The molecule has 1 aromatic rings. The quantitative estimate of drug-likeness (QED) is 0.851. The number of halogens is 1. The van der Waals surface area contributed by atoms with Crippen LogP contribution in [0.5, 0.6) is 0 Å². The third kappa shape index (κ3) is 2.84. The molecule has 0 aromatic carbocycles. The van der Waals surface area contributed by atoms with Crippen LogP contribution in [-0.4, -0.2) is 46.2 Å². The molecule has 1 saturated heterocycles. The molecule has 2 heterocycles. The van der Waals surface area contributed by atoms with E-state index in [0.29, 0.717) is 11.7 Å². The number of nitrogens with zero attached hydrogens (tertiary/aromatic N) is 2. The van der Waals surface area contributed by atoms with Gasteiger partial charge in [-0.25, -0.2) is 0 Å². The molecular weight excluding hydrogens is 252 g/mol. The molecule has 1 fully saturated rings. The molecule has 0 radical (unpaired) electrons. The van der Waals surface area contributed by atoms with Crippen LogP contribution in [0, 0.1) is 0 Å². The van der Waals surface area contributed by atoms with E-state index in [1.165, 1.54) is 0 Å². The van der Waals surface area contributed by atoms with Gasteiger partial charge in [-0.15, -0.1) is 12.4 Å². The summed E-state index contributed by atoms with van der Waals surface area (Å²) in [5.41, 5.74) is 1.53. The predicted molar refractivity (Wildman–Crippen MR) is 73.2 cm³/mol. The molecule has 0 bridgehead atoms. The lowest BCUT2D eigenvalue weighted by Gasteiger charge is -2.38. The lowest BCUT2D eigenvalue weighted by atomic mass is 10.1. The minimum Gasteiger partial charge on any atom is -0.332 e. The highest BCUT2D eigenvalue weighted by Crippen LogP contribution is 2.13. The zero-order valence-electron chi connectivity index (χ0n) is 11.1. The summed E-state index contributed by atoms with van der Waals surface area (Å²) in [5.74, 6) is 0.0294. The summed E-state index contributed by atoms with van der Waals surface area (Å²) in [7, 11) is 0. The summed E-state index contributed by atoms with van der Waals surface area (Å²) >= 11 is 0. The van der Waals surface area contributed by atoms with Crippen LogP contribution in [0.2, 0.25) is 0 Å². The SMILES string of the molecule is CCc1cc(C(=O)N2CCNC(C)C2C)n[nH]1.Cl. The fourth-order valence-electron chi connectivity index (χ4n) is 2.14. The van der Waals surface area contributed by atoms with Crippen molar-refractivity contribution >= 4 is 18.3 Å². The van der Waals surface area contributed by atoms with Gasteiger partial charge >= 0.3 is 0 Å². The molecule has 6 heteroatoms. The molecule has 0 spiro atoms. The number of rotatable bonds is 2. The summed E-state index contributed by atoms with van der Waals surface area (Å²) in [6.07, 6.45) is 0.869. The number of hydrogen-bond donors (Lipinski definition) is 2. The molecule has 2 rings (SSSR count). The normalized spacial score (nSPS) is 23.6. The Morgan fingerprint density at radius 3 is 2.89 bits per heavy atom. The Bertz CT molecular complexity index is 407. The van der Waals surface area contributed by atoms with Gasteiger partial charge in [-0.1, -0.05) is 6.92 Å². The summed E-state index contributed by atoms with van der Waals surface area (Å²) < 4.78 is 0. The molecule has 2 unspecified atom stereocenters. The maximum absolute atomic E-state index is 12.3. The molecule has 2 atom stereocenters. The van der Waals surface area contributed by atoms with Crippen LogP contribution in [-0.2, 0) is 6.42 Å². The fourth-order valence-corrected chi connectivity index (χ4v) is 2.14. The van der Waals surface area contributed by atoms with Crippen molar-refractivity contribution in [3.63, 3.8) is 0 Å². The van der Waals surface area contributed by atoms with E-state index in [1.807, 2.05) is 17.9 Å². The van der Waals surface area contributed by atoms with Crippen molar-refractivity contribution in [2.45, 2.75) is 39.3 Å². The lowest BCUT2D eigenvalue weighted by molar-refractivity contribution is 0.0597. The smallest absolute Gasteiger partial charge is 0.274 e. The monoisotopic (exact) mass is 272 g/mol. The van der Waals surface area contributed by atoms with Gasteiger partial charge in [-0.3, -0.25) is 9.89 Å². The predicted octanol–water partition coefficient (Wildman–Crippen LogP) is 1.22. The molecular formula is C12H21ClN4O. The first-order valence-electron chi connectivity index (χ1n) is 6.22. The van der Waals surface area contributed by atoms with Crippen LogP contribution in [0.25, 0.3) is 0 Å².